The molecule has 1 N–H and O–H groups in total. The molecule has 0 aliphatic heterocycles. The molecular weight excluding hydrogens is 318 g/mol. The van der Waals surface area contributed by atoms with Gasteiger partial charge in [-0.3, -0.25) is 4.79 Å². The summed E-state index contributed by atoms with van der Waals surface area (Å²) in [6.07, 6.45) is 2.52. The monoisotopic (exact) mass is 339 g/mol. The highest BCUT2D eigenvalue weighted by Gasteiger charge is 2.14. The Bertz CT molecular complexity index is 933. The van der Waals surface area contributed by atoms with E-state index in [1.54, 1.807) is 18.0 Å². The van der Waals surface area contributed by atoms with Crippen LogP contribution in [-0.4, -0.2) is 32.8 Å². The van der Waals surface area contributed by atoms with Crippen LogP contribution in [0, 0.1) is 20.8 Å². The third kappa shape index (κ3) is 3.45. The Morgan fingerprint density at radius 1 is 1.28 bits per heavy atom. The molecule has 0 atom stereocenters. The molecule has 0 aliphatic rings. The first-order valence-electron chi connectivity index (χ1n) is 8.10. The molecule has 7 nitrogen and oxygen atoms in total. The highest BCUT2D eigenvalue weighted by Crippen LogP contribution is 2.25. The fourth-order valence-electron chi connectivity index (χ4n) is 2.92. The number of carbonyl (C=O) groups excluding carboxylic acids is 1. The van der Waals surface area contributed by atoms with Gasteiger partial charge < -0.3 is 10.1 Å². The van der Waals surface area contributed by atoms with Crippen molar-refractivity contribution in [1.29, 1.82) is 0 Å². The maximum atomic E-state index is 12.4. The number of aromatic nitrogens is 4. The average Bonchev–Trinajstić information content (AvgIpc) is 3.03. The molecule has 1 amide bonds. The fraction of sp³-hybridized carbons (Fsp3) is 0.333. The molecule has 0 fully saturated rings. The predicted octanol–water partition coefficient (Wildman–Crippen LogP) is 2.63. The Morgan fingerprint density at radius 3 is 2.84 bits per heavy atom. The van der Waals surface area contributed by atoms with Crippen LogP contribution in [0.25, 0.3) is 5.65 Å². The standard InChI is InChI=1S/C18H21N5O2/c1-11-5-7-16(25-4)15(9-11)20-17(24)8-6-14-12(2)18-21-19-10-23(18)22-13(14)3/h5,7,9-10H,6,8H2,1-4H3,(H,20,24). The number of carbonyl (C=O) groups is 1. The van der Waals surface area contributed by atoms with Crippen LogP contribution in [0.3, 0.4) is 0 Å². The summed E-state index contributed by atoms with van der Waals surface area (Å²) in [6.45, 7) is 5.89. The van der Waals surface area contributed by atoms with Crippen LogP contribution in [0.2, 0.25) is 0 Å². The van der Waals surface area contributed by atoms with Crippen molar-refractivity contribution in [3.05, 3.63) is 46.9 Å². The number of hydrogen-bond acceptors (Lipinski definition) is 5. The van der Waals surface area contributed by atoms with Gasteiger partial charge in [-0.15, -0.1) is 10.2 Å². The van der Waals surface area contributed by atoms with Gasteiger partial charge in [0.25, 0.3) is 0 Å². The van der Waals surface area contributed by atoms with Crippen LogP contribution in [0.4, 0.5) is 5.69 Å². The molecule has 1 aromatic carbocycles. The number of amides is 1. The van der Waals surface area contributed by atoms with Crippen molar-refractivity contribution in [2.45, 2.75) is 33.6 Å². The number of benzene rings is 1. The Kier molecular flexibility index (Phi) is 4.65. The number of nitrogens with one attached hydrogen (secondary N) is 1. The van der Waals surface area contributed by atoms with Gasteiger partial charge in [0, 0.05) is 12.0 Å². The molecule has 0 aliphatic carbocycles. The van der Waals surface area contributed by atoms with Gasteiger partial charge >= 0.3 is 0 Å². The largest absolute Gasteiger partial charge is 0.495 e. The number of ether oxygens (including phenoxy) is 1. The number of methoxy groups -OCH3 is 1. The first-order chi connectivity index (χ1) is 12.0. The fourth-order valence-corrected chi connectivity index (χ4v) is 2.92. The van der Waals surface area contributed by atoms with Crippen molar-refractivity contribution in [1.82, 2.24) is 19.8 Å². The lowest BCUT2D eigenvalue weighted by Gasteiger charge is -2.12. The van der Waals surface area contributed by atoms with E-state index in [-0.39, 0.29) is 5.91 Å². The summed E-state index contributed by atoms with van der Waals surface area (Å²) in [5.74, 6) is 0.585. The predicted molar refractivity (Wildman–Crippen MR) is 94.9 cm³/mol. The van der Waals surface area contributed by atoms with Crippen LogP contribution in [0.15, 0.2) is 24.5 Å². The normalized spacial score (nSPS) is 10.9. The maximum Gasteiger partial charge on any atom is 0.224 e. The third-order valence-electron chi connectivity index (χ3n) is 4.24. The lowest BCUT2D eigenvalue weighted by Crippen LogP contribution is -2.14. The van der Waals surface area contributed by atoms with Crippen molar-refractivity contribution in [3.8, 4) is 5.75 Å². The van der Waals surface area contributed by atoms with Crippen LogP contribution in [0.5, 0.6) is 5.75 Å². The first kappa shape index (κ1) is 16.9. The molecule has 0 unspecified atom stereocenters. The van der Waals surface area contributed by atoms with Gasteiger partial charge in [0.15, 0.2) is 5.65 Å². The van der Waals surface area contributed by atoms with E-state index in [0.29, 0.717) is 24.3 Å². The van der Waals surface area contributed by atoms with Crippen LogP contribution >= 0.6 is 0 Å². The molecule has 0 bridgehead atoms. The summed E-state index contributed by atoms with van der Waals surface area (Å²) in [6, 6.07) is 5.69. The number of nitrogens with zero attached hydrogens (tertiary/aromatic N) is 4. The molecule has 25 heavy (non-hydrogen) atoms. The zero-order valence-corrected chi connectivity index (χ0v) is 14.8. The minimum absolute atomic E-state index is 0.0657. The first-order valence-corrected chi connectivity index (χ1v) is 8.10. The molecule has 7 heteroatoms. The molecule has 0 saturated heterocycles. The molecule has 3 aromatic rings. The molecule has 0 spiro atoms. The quantitative estimate of drug-likeness (QED) is 0.773. The summed E-state index contributed by atoms with van der Waals surface area (Å²) < 4.78 is 6.96. The van der Waals surface area contributed by atoms with E-state index in [1.165, 1.54) is 0 Å². The lowest BCUT2D eigenvalue weighted by molar-refractivity contribution is -0.116. The molecule has 130 valence electrons. The van der Waals surface area contributed by atoms with Gasteiger partial charge in [-0.05, 0) is 50.5 Å². The van der Waals surface area contributed by atoms with Gasteiger partial charge in [-0.2, -0.15) is 5.10 Å². The minimum atomic E-state index is -0.0657. The summed E-state index contributed by atoms with van der Waals surface area (Å²) in [4.78, 5) is 12.4. The Morgan fingerprint density at radius 2 is 2.08 bits per heavy atom. The van der Waals surface area contributed by atoms with Gasteiger partial charge in [0.05, 0.1) is 18.5 Å². The van der Waals surface area contributed by atoms with E-state index >= 15 is 0 Å². The van der Waals surface area contributed by atoms with Gasteiger partial charge in [0.2, 0.25) is 5.91 Å². The molecular formula is C18H21N5O2. The van der Waals surface area contributed by atoms with E-state index in [0.717, 1.165) is 28.0 Å². The van der Waals surface area contributed by atoms with E-state index < -0.39 is 0 Å². The molecule has 2 aromatic heterocycles. The smallest absolute Gasteiger partial charge is 0.224 e. The number of hydrogen-bond donors (Lipinski definition) is 1. The van der Waals surface area contributed by atoms with Crippen LogP contribution < -0.4 is 10.1 Å². The summed E-state index contributed by atoms with van der Waals surface area (Å²) in [5.41, 5.74) is 5.39. The third-order valence-corrected chi connectivity index (χ3v) is 4.24. The molecule has 2 heterocycles. The van der Waals surface area contributed by atoms with Crippen LogP contribution in [0.1, 0.15) is 28.8 Å². The molecule has 0 radical (unpaired) electrons. The van der Waals surface area contributed by atoms with E-state index in [4.69, 9.17) is 4.74 Å². The highest BCUT2D eigenvalue weighted by molar-refractivity contribution is 5.92. The summed E-state index contributed by atoms with van der Waals surface area (Å²) in [7, 11) is 1.59. The van der Waals surface area contributed by atoms with Gasteiger partial charge in [-0.25, -0.2) is 4.52 Å². The van der Waals surface area contributed by atoms with Gasteiger partial charge in [-0.1, -0.05) is 6.07 Å². The summed E-state index contributed by atoms with van der Waals surface area (Å²) >= 11 is 0. The lowest BCUT2D eigenvalue weighted by atomic mass is 10.0. The Labute approximate surface area is 146 Å². The number of fused-ring (bicyclic) bond motifs is 1. The molecule has 3 rings (SSSR count). The van der Waals surface area contributed by atoms with E-state index in [9.17, 15) is 4.79 Å². The Balaban J connectivity index is 1.74. The van der Waals surface area contributed by atoms with Crippen molar-refractivity contribution < 1.29 is 9.53 Å². The second-order valence-electron chi connectivity index (χ2n) is 6.04. The minimum Gasteiger partial charge on any atom is -0.495 e. The number of aryl methyl sites for hydroxylation is 3. The van der Waals surface area contributed by atoms with Gasteiger partial charge in [0.1, 0.15) is 12.1 Å². The highest BCUT2D eigenvalue weighted by atomic mass is 16.5. The number of rotatable bonds is 5. The zero-order valence-electron chi connectivity index (χ0n) is 14.8. The molecule has 0 saturated carbocycles. The number of anilines is 1. The van der Waals surface area contributed by atoms with E-state index in [1.807, 2.05) is 39.0 Å². The van der Waals surface area contributed by atoms with Crippen molar-refractivity contribution in [3.63, 3.8) is 0 Å². The van der Waals surface area contributed by atoms with Crippen LogP contribution in [-0.2, 0) is 11.2 Å². The zero-order chi connectivity index (χ0) is 18.0. The second-order valence-corrected chi connectivity index (χ2v) is 6.04. The topological polar surface area (TPSA) is 81.4 Å². The SMILES string of the molecule is COc1ccc(C)cc1NC(=O)CCc1c(C)nn2cnnc2c1C. The van der Waals surface area contributed by atoms with Crippen molar-refractivity contribution in [2.75, 3.05) is 12.4 Å². The summed E-state index contributed by atoms with van der Waals surface area (Å²) in [5, 5.41) is 15.3. The average molecular weight is 339 g/mol. The maximum absolute atomic E-state index is 12.4. The van der Waals surface area contributed by atoms with Crippen molar-refractivity contribution in [2.24, 2.45) is 0 Å². The second kappa shape index (κ2) is 6.88. The van der Waals surface area contributed by atoms with Crippen molar-refractivity contribution >= 4 is 17.2 Å². The van der Waals surface area contributed by atoms with E-state index in [2.05, 4.69) is 20.6 Å². The Hall–Kier alpha value is -2.96.